The summed E-state index contributed by atoms with van der Waals surface area (Å²) in [7, 11) is 0. The van der Waals surface area contributed by atoms with Crippen LogP contribution in [0.1, 0.15) is 50.8 Å². The van der Waals surface area contributed by atoms with E-state index in [2.05, 4.69) is 62.9 Å². The monoisotopic (exact) mass is 379 g/mol. The fraction of sp³-hybridized carbons (Fsp3) is 0.520. The molecule has 4 rings (SSSR count). The van der Waals surface area contributed by atoms with E-state index in [1.165, 1.54) is 16.7 Å². The van der Waals surface area contributed by atoms with Crippen molar-refractivity contribution in [1.82, 2.24) is 4.90 Å². The van der Waals surface area contributed by atoms with Crippen molar-refractivity contribution in [3.8, 4) is 5.75 Å². The van der Waals surface area contributed by atoms with Gasteiger partial charge in [-0.2, -0.15) is 0 Å². The van der Waals surface area contributed by atoms with E-state index in [0.29, 0.717) is 18.4 Å². The molecule has 0 spiro atoms. The SMILES string of the molecule is C[C@@H](CN1CC[C@]2(C)c3ccc(O)cc3C[C@H]1C2(C)C)OCc1ccccc1. The molecular formula is C25H33NO2. The number of hydrogen-bond acceptors (Lipinski definition) is 3. The van der Waals surface area contributed by atoms with Gasteiger partial charge in [0.05, 0.1) is 12.7 Å². The number of benzene rings is 2. The Morgan fingerprint density at radius 2 is 1.89 bits per heavy atom. The maximum atomic E-state index is 10.0. The van der Waals surface area contributed by atoms with Crippen LogP contribution in [0.5, 0.6) is 5.75 Å². The summed E-state index contributed by atoms with van der Waals surface area (Å²) in [6.45, 7) is 12.2. The zero-order valence-corrected chi connectivity index (χ0v) is 17.6. The molecule has 2 aromatic carbocycles. The predicted octanol–water partition coefficient (Wildman–Crippen LogP) is 4.91. The smallest absolute Gasteiger partial charge is 0.115 e. The first kappa shape index (κ1) is 19.5. The van der Waals surface area contributed by atoms with Gasteiger partial charge in [0, 0.05) is 18.0 Å². The average molecular weight is 380 g/mol. The summed E-state index contributed by atoms with van der Waals surface area (Å²) in [6, 6.07) is 16.9. The van der Waals surface area contributed by atoms with Gasteiger partial charge in [0.2, 0.25) is 0 Å². The van der Waals surface area contributed by atoms with Gasteiger partial charge in [-0.25, -0.2) is 0 Å². The fourth-order valence-electron chi connectivity index (χ4n) is 5.45. The second kappa shape index (κ2) is 7.20. The topological polar surface area (TPSA) is 32.7 Å². The fourth-order valence-corrected chi connectivity index (χ4v) is 5.45. The van der Waals surface area contributed by atoms with Crippen LogP contribution in [0.2, 0.25) is 0 Å². The van der Waals surface area contributed by atoms with Crippen LogP contribution < -0.4 is 0 Å². The highest BCUT2D eigenvalue weighted by Crippen LogP contribution is 2.56. The van der Waals surface area contributed by atoms with Gasteiger partial charge in [0.25, 0.3) is 0 Å². The number of phenols is 1. The molecule has 2 aromatic rings. The highest BCUT2D eigenvalue weighted by Gasteiger charge is 2.55. The molecule has 1 aliphatic heterocycles. The number of nitrogens with zero attached hydrogens (tertiary/aromatic N) is 1. The summed E-state index contributed by atoms with van der Waals surface area (Å²) >= 11 is 0. The Morgan fingerprint density at radius 1 is 1.14 bits per heavy atom. The maximum absolute atomic E-state index is 10.0. The highest BCUT2D eigenvalue weighted by molar-refractivity contribution is 5.45. The lowest BCUT2D eigenvalue weighted by Gasteiger charge is -2.61. The molecule has 0 radical (unpaired) electrons. The first-order valence-electron chi connectivity index (χ1n) is 10.5. The van der Waals surface area contributed by atoms with E-state index in [0.717, 1.165) is 25.9 Å². The van der Waals surface area contributed by atoms with Gasteiger partial charge in [0.15, 0.2) is 0 Å². The molecule has 1 aliphatic carbocycles. The molecule has 2 aliphatic rings. The summed E-state index contributed by atoms with van der Waals surface area (Å²) in [5.74, 6) is 0.381. The number of fused-ring (bicyclic) bond motifs is 4. The van der Waals surface area contributed by atoms with E-state index in [9.17, 15) is 5.11 Å². The molecule has 3 nitrogen and oxygen atoms in total. The van der Waals surface area contributed by atoms with E-state index < -0.39 is 0 Å². The lowest BCUT2D eigenvalue weighted by Crippen LogP contribution is -2.64. The maximum Gasteiger partial charge on any atom is 0.115 e. The molecule has 28 heavy (non-hydrogen) atoms. The van der Waals surface area contributed by atoms with Crippen molar-refractivity contribution in [2.24, 2.45) is 5.41 Å². The van der Waals surface area contributed by atoms with Crippen molar-refractivity contribution in [3.63, 3.8) is 0 Å². The van der Waals surface area contributed by atoms with Crippen molar-refractivity contribution in [2.45, 2.75) is 64.7 Å². The number of phenolic OH excluding ortho intramolecular Hbond substituents is 1. The Bertz CT molecular complexity index is 832. The number of aromatic hydroxyl groups is 1. The molecule has 3 heteroatoms. The van der Waals surface area contributed by atoms with Gasteiger partial charge in [-0.15, -0.1) is 0 Å². The number of ether oxygens (including phenoxy) is 1. The molecule has 0 aromatic heterocycles. The van der Waals surface area contributed by atoms with Crippen LogP contribution in [0.3, 0.4) is 0 Å². The predicted molar refractivity (Wildman–Crippen MR) is 114 cm³/mol. The Morgan fingerprint density at radius 3 is 2.64 bits per heavy atom. The Balaban J connectivity index is 1.50. The highest BCUT2D eigenvalue weighted by atomic mass is 16.5. The molecule has 1 N–H and O–H groups in total. The van der Waals surface area contributed by atoms with Crippen molar-refractivity contribution >= 4 is 0 Å². The van der Waals surface area contributed by atoms with Crippen LogP contribution in [-0.4, -0.2) is 35.2 Å². The van der Waals surface area contributed by atoms with Gasteiger partial charge in [-0.3, -0.25) is 4.90 Å². The second-order valence-electron chi connectivity index (χ2n) is 9.47. The standard InChI is InChI=1S/C25H33NO2/c1-18(28-17-19-8-6-5-7-9-19)16-26-13-12-25(4)22-11-10-21(27)14-20(22)15-23(26)24(25,2)3/h5-11,14,18,23,27H,12-13,15-17H2,1-4H3/t18-,23-,25+/m0/s1. The van der Waals surface area contributed by atoms with Gasteiger partial charge >= 0.3 is 0 Å². The molecule has 1 heterocycles. The summed E-state index contributed by atoms with van der Waals surface area (Å²) in [5.41, 5.74) is 4.29. The minimum atomic E-state index is 0.142. The van der Waals surface area contributed by atoms with E-state index >= 15 is 0 Å². The molecule has 0 saturated carbocycles. The second-order valence-corrected chi connectivity index (χ2v) is 9.47. The van der Waals surface area contributed by atoms with E-state index in [1.54, 1.807) is 0 Å². The molecule has 0 unspecified atom stereocenters. The van der Waals surface area contributed by atoms with Gasteiger partial charge < -0.3 is 9.84 Å². The van der Waals surface area contributed by atoms with Crippen molar-refractivity contribution < 1.29 is 9.84 Å². The third-order valence-electron chi connectivity index (χ3n) is 7.56. The summed E-state index contributed by atoms with van der Waals surface area (Å²) in [5, 5.41) is 10.0. The zero-order valence-electron chi connectivity index (χ0n) is 17.6. The van der Waals surface area contributed by atoms with Gasteiger partial charge in [-0.1, -0.05) is 57.2 Å². The minimum absolute atomic E-state index is 0.142. The normalized spacial score (nSPS) is 27.2. The van der Waals surface area contributed by atoms with Crippen LogP contribution in [-0.2, 0) is 23.2 Å². The first-order valence-corrected chi connectivity index (χ1v) is 10.5. The van der Waals surface area contributed by atoms with Crippen LogP contribution >= 0.6 is 0 Å². The Kier molecular flexibility index (Phi) is 5.01. The zero-order chi connectivity index (χ0) is 19.9. The number of piperidine rings is 1. The largest absolute Gasteiger partial charge is 0.508 e. The third-order valence-corrected chi connectivity index (χ3v) is 7.56. The number of rotatable bonds is 5. The van der Waals surface area contributed by atoms with Crippen LogP contribution in [0.15, 0.2) is 48.5 Å². The summed E-state index contributed by atoms with van der Waals surface area (Å²) in [4.78, 5) is 2.63. The molecule has 0 amide bonds. The minimum Gasteiger partial charge on any atom is -0.508 e. The number of likely N-dealkylation sites (tertiary alicyclic amines) is 1. The molecule has 1 saturated heterocycles. The van der Waals surface area contributed by atoms with E-state index in [1.807, 2.05) is 18.2 Å². The first-order chi connectivity index (χ1) is 13.3. The van der Waals surface area contributed by atoms with Crippen LogP contribution in [0.25, 0.3) is 0 Å². The van der Waals surface area contributed by atoms with E-state index in [4.69, 9.17) is 4.74 Å². The van der Waals surface area contributed by atoms with Crippen molar-refractivity contribution in [2.75, 3.05) is 13.1 Å². The molecule has 1 fully saturated rings. The quantitative estimate of drug-likeness (QED) is 0.801. The summed E-state index contributed by atoms with van der Waals surface area (Å²) < 4.78 is 6.17. The third kappa shape index (κ3) is 3.25. The lowest BCUT2D eigenvalue weighted by molar-refractivity contribution is -0.0648. The number of hydrogen-bond donors (Lipinski definition) is 1. The Labute approximate surface area is 169 Å². The van der Waals surface area contributed by atoms with E-state index in [-0.39, 0.29) is 16.9 Å². The average Bonchev–Trinajstić information content (AvgIpc) is 2.66. The van der Waals surface area contributed by atoms with Gasteiger partial charge in [-0.05, 0) is 60.5 Å². The van der Waals surface area contributed by atoms with Crippen LogP contribution in [0, 0.1) is 5.41 Å². The van der Waals surface area contributed by atoms with Crippen molar-refractivity contribution in [3.05, 3.63) is 65.2 Å². The van der Waals surface area contributed by atoms with Gasteiger partial charge in [0.1, 0.15) is 5.75 Å². The summed E-state index contributed by atoms with van der Waals surface area (Å²) in [6.07, 6.45) is 2.32. The molecular weight excluding hydrogens is 346 g/mol. The molecule has 150 valence electrons. The Hall–Kier alpha value is -1.84. The molecule has 2 bridgehead atoms. The van der Waals surface area contributed by atoms with Crippen LogP contribution in [0.4, 0.5) is 0 Å². The van der Waals surface area contributed by atoms with Crippen molar-refractivity contribution in [1.29, 1.82) is 0 Å². The molecule has 3 atom stereocenters. The lowest BCUT2D eigenvalue weighted by atomic mass is 9.51.